The van der Waals surface area contributed by atoms with E-state index in [2.05, 4.69) is 13.2 Å². The van der Waals surface area contributed by atoms with Crippen LogP contribution >= 0.6 is 0 Å². The van der Waals surface area contributed by atoms with Crippen LogP contribution in [-0.2, 0) is 19.0 Å². The van der Waals surface area contributed by atoms with Gasteiger partial charge in [-0.2, -0.15) is 0 Å². The van der Waals surface area contributed by atoms with E-state index < -0.39 is 5.97 Å². The summed E-state index contributed by atoms with van der Waals surface area (Å²) in [6, 6.07) is 0. The van der Waals surface area contributed by atoms with Gasteiger partial charge < -0.3 is 14.2 Å². The maximum absolute atomic E-state index is 10.6. The Kier molecular flexibility index (Phi) is 10.1. The fraction of sp³-hybridized carbons (Fsp3) is 0.545. The van der Waals surface area contributed by atoms with E-state index in [9.17, 15) is 4.79 Å². The predicted octanol–water partition coefficient (Wildman–Crippen LogP) is 1.32. The highest BCUT2D eigenvalue weighted by atomic mass is 16.6. The van der Waals surface area contributed by atoms with Crippen LogP contribution in [0.25, 0.3) is 0 Å². The molecule has 0 bridgehead atoms. The summed E-state index contributed by atoms with van der Waals surface area (Å²) in [6.07, 6.45) is 3.77. The van der Waals surface area contributed by atoms with Gasteiger partial charge >= 0.3 is 5.97 Å². The van der Waals surface area contributed by atoms with Crippen LogP contribution in [0.3, 0.4) is 0 Å². The van der Waals surface area contributed by atoms with E-state index >= 15 is 0 Å². The molecule has 0 spiro atoms. The minimum atomic E-state index is -0.430. The first kappa shape index (κ1) is 13.9. The molecule has 0 amide bonds. The lowest BCUT2D eigenvalue weighted by Crippen LogP contribution is -2.11. The fourth-order valence-electron chi connectivity index (χ4n) is 0.749. The van der Waals surface area contributed by atoms with E-state index in [4.69, 9.17) is 14.2 Å². The second-order valence-corrected chi connectivity index (χ2v) is 2.67. The van der Waals surface area contributed by atoms with Crippen LogP contribution in [0.4, 0.5) is 0 Å². The first-order valence-corrected chi connectivity index (χ1v) is 4.87. The first-order chi connectivity index (χ1) is 7.31. The maximum atomic E-state index is 10.6. The van der Waals surface area contributed by atoms with E-state index in [1.165, 1.54) is 0 Å². The average molecular weight is 214 g/mol. The standard InChI is InChI=1S/C11H18O4/c1-3-5-6-13-7-8-14-9-10-15-11(12)4-2/h3-4H,1-2,5-10H2. The number of ether oxygens (including phenoxy) is 3. The molecule has 0 aromatic rings. The van der Waals surface area contributed by atoms with Gasteiger partial charge in [-0.15, -0.1) is 6.58 Å². The highest BCUT2D eigenvalue weighted by Crippen LogP contribution is 1.85. The van der Waals surface area contributed by atoms with Gasteiger partial charge in [-0.25, -0.2) is 4.79 Å². The van der Waals surface area contributed by atoms with Crippen molar-refractivity contribution in [1.82, 2.24) is 0 Å². The Hall–Kier alpha value is -1.13. The van der Waals surface area contributed by atoms with Crippen molar-refractivity contribution in [3.05, 3.63) is 25.3 Å². The Morgan fingerprint density at radius 2 is 1.60 bits per heavy atom. The van der Waals surface area contributed by atoms with Gasteiger partial charge in [-0.1, -0.05) is 12.7 Å². The Morgan fingerprint density at radius 3 is 2.20 bits per heavy atom. The predicted molar refractivity (Wildman–Crippen MR) is 57.6 cm³/mol. The molecule has 0 aliphatic carbocycles. The molecule has 4 nitrogen and oxygen atoms in total. The van der Waals surface area contributed by atoms with Crippen molar-refractivity contribution >= 4 is 5.97 Å². The molecule has 0 atom stereocenters. The number of rotatable bonds is 10. The zero-order valence-corrected chi connectivity index (χ0v) is 8.94. The van der Waals surface area contributed by atoms with Crippen LogP contribution in [0.15, 0.2) is 25.3 Å². The molecule has 0 fully saturated rings. The minimum Gasteiger partial charge on any atom is -0.460 e. The molecule has 0 aliphatic rings. The Labute approximate surface area is 90.5 Å². The summed E-state index contributed by atoms with van der Waals surface area (Å²) in [4.78, 5) is 10.6. The molecular formula is C11H18O4. The van der Waals surface area contributed by atoms with Crippen LogP contribution < -0.4 is 0 Å². The van der Waals surface area contributed by atoms with Crippen molar-refractivity contribution < 1.29 is 19.0 Å². The number of carbonyl (C=O) groups is 1. The Balaban J connectivity index is 3.01. The lowest BCUT2D eigenvalue weighted by molar-refractivity contribution is -0.139. The summed E-state index contributed by atoms with van der Waals surface area (Å²) in [5.41, 5.74) is 0. The summed E-state index contributed by atoms with van der Waals surface area (Å²) in [7, 11) is 0. The highest BCUT2D eigenvalue weighted by Gasteiger charge is 1.94. The first-order valence-electron chi connectivity index (χ1n) is 4.87. The number of hydrogen-bond acceptors (Lipinski definition) is 4. The van der Waals surface area contributed by atoms with E-state index in [-0.39, 0.29) is 6.61 Å². The smallest absolute Gasteiger partial charge is 0.330 e. The lowest BCUT2D eigenvalue weighted by Gasteiger charge is -2.05. The van der Waals surface area contributed by atoms with Gasteiger partial charge in [0, 0.05) is 6.08 Å². The molecule has 15 heavy (non-hydrogen) atoms. The topological polar surface area (TPSA) is 44.8 Å². The Bertz CT molecular complexity index is 189. The molecule has 86 valence electrons. The number of carbonyl (C=O) groups excluding carboxylic acids is 1. The SMILES string of the molecule is C=CCCOCCOCCOC(=O)C=C. The van der Waals surface area contributed by atoms with E-state index in [0.29, 0.717) is 26.4 Å². The van der Waals surface area contributed by atoms with Crippen molar-refractivity contribution in [2.24, 2.45) is 0 Å². The van der Waals surface area contributed by atoms with Crippen LogP contribution in [0.1, 0.15) is 6.42 Å². The van der Waals surface area contributed by atoms with Gasteiger partial charge in [0.05, 0.1) is 26.4 Å². The quantitative estimate of drug-likeness (QED) is 0.238. The second kappa shape index (κ2) is 10.9. The molecule has 4 heteroatoms. The van der Waals surface area contributed by atoms with Gasteiger partial charge in [0.2, 0.25) is 0 Å². The number of hydrogen-bond donors (Lipinski definition) is 0. The summed E-state index contributed by atoms with van der Waals surface area (Å²) in [5.74, 6) is -0.430. The van der Waals surface area contributed by atoms with Gasteiger partial charge in [-0.05, 0) is 6.42 Å². The zero-order chi connectivity index (χ0) is 11.4. The largest absolute Gasteiger partial charge is 0.460 e. The Morgan fingerprint density at radius 1 is 1.00 bits per heavy atom. The van der Waals surface area contributed by atoms with Gasteiger partial charge in [0.25, 0.3) is 0 Å². The molecule has 0 N–H and O–H groups in total. The third-order valence-corrected chi connectivity index (χ3v) is 1.48. The van der Waals surface area contributed by atoms with Crippen molar-refractivity contribution in [3.8, 4) is 0 Å². The van der Waals surface area contributed by atoms with Crippen LogP contribution in [0, 0.1) is 0 Å². The van der Waals surface area contributed by atoms with Crippen LogP contribution in [0.2, 0.25) is 0 Å². The molecule has 0 unspecified atom stereocenters. The maximum Gasteiger partial charge on any atom is 0.330 e. The molecule has 0 saturated heterocycles. The highest BCUT2D eigenvalue weighted by molar-refractivity contribution is 5.81. The molecule has 0 rings (SSSR count). The van der Waals surface area contributed by atoms with Crippen LogP contribution in [0.5, 0.6) is 0 Å². The van der Waals surface area contributed by atoms with E-state index in [1.54, 1.807) is 6.08 Å². The molecular weight excluding hydrogens is 196 g/mol. The van der Waals surface area contributed by atoms with Crippen molar-refractivity contribution in [3.63, 3.8) is 0 Å². The summed E-state index contributed by atoms with van der Waals surface area (Å²) in [6.45, 7) is 9.19. The van der Waals surface area contributed by atoms with E-state index in [0.717, 1.165) is 12.5 Å². The summed E-state index contributed by atoms with van der Waals surface area (Å²) in [5, 5.41) is 0. The second-order valence-electron chi connectivity index (χ2n) is 2.67. The average Bonchev–Trinajstić information content (AvgIpc) is 2.26. The fourth-order valence-corrected chi connectivity index (χ4v) is 0.749. The number of esters is 1. The molecule has 0 aliphatic heterocycles. The third-order valence-electron chi connectivity index (χ3n) is 1.48. The summed E-state index contributed by atoms with van der Waals surface area (Å²) >= 11 is 0. The molecule has 0 radical (unpaired) electrons. The van der Waals surface area contributed by atoms with Gasteiger partial charge in [0.15, 0.2) is 0 Å². The van der Waals surface area contributed by atoms with Crippen molar-refractivity contribution in [2.75, 3.05) is 33.0 Å². The minimum absolute atomic E-state index is 0.248. The molecule has 0 aromatic carbocycles. The monoisotopic (exact) mass is 214 g/mol. The third kappa shape index (κ3) is 10.8. The summed E-state index contributed by atoms with van der Waals surface area (Å²) < 4.78 is 15.0. The van der Waals surface area contributed by atoms with Crippen molar-refractivity contribution in [2.45, 2.75) is 6.42 Å². The van der Waals surface area contributed by atoms with Gasteiger partial charge in [-0.3, -0.25) is 0 Å². The molecule has 0 heterocycles. The normalized spacial score (nSPS) is 9.60. The molecule has 0 saturated carbocycles. The lowest BCUT2D eigenvalue weighted by atomic mass is 10.5. The molecule has 0 aromatic heterocycles. The van der Waals surface area contributed by atoms with Gasteiger partial charge in [0.1, 0.15) is 6.61 Å². The van der Waals surface area contributed by atoms with E-state index in [1.807, 2.05) is 0 Å². The van der Waals surface area contributed by atoms with Crippen molar-refractivity contribution in [1.29, 1.82) is 0 Å². The zero-order valence-electron chi connectivity index (χ0n) is 8.94. The van der Waals surface area contributed by atoms with Crippen LogP contribution in [-0.4, -0.2) is 39.0 Å².